The Hall–Kier alpha value is -0.570. The van der Waals surface area contributed by atoms with Gasteiger partial charge >= 0.3 is 0 Å². The van der Waals surface area contributed by atoms with Crippen LogP contribution in [-0.2, 0) is 4.79 Å². The quantitative estimate of drug-likeness (QED) is 0.673. The summed E-state index contributed by atoms with van der Waals surface area (Å²) in [5.74, 6) is 1.03. The lowest BCUT2D eigenvalue weighted by atomic mass is 9.77. The highest BCUT2D eigenvalue weighted by atomic mass is 16.1. The predicted octanol–water partition coefficient (Wildman–Crippen LogP) is 0.653. The molecule has 13 heavy (non-hydrogen) atoms. The number of nitrogens with one attached hydrogen (secondary N) is 2. The van der Waals surface area contributed by atoms with E-state index in [-0.39, 0.29) is 5.91 Å². The molecule has 2 fully saturated rings. The van der Waals surface area contributed by atoms with Crippen molar-refractivity contribution in [3.8, 4) is 0 Å². The van der Waals surface area contributed by atoms with Crippen molar-refractivity contribution >= 4 is 5.91 Å². The molecule has 2 atom stereocenters. The minimum absolute atomic E-state index is 0.226. The van der Waals surface area contributed by atoms with Gasteiger partial charge in [-0.25, -0.2) is 0 Å². The highest BCUT2D eigenvalue weighted by Gasteiger charge is 2.35. The molecular formula is C10H18N2O. The molecule has 0 radical (unpaired) electrons. The average Bonchev–Trinajstić information content (AvgIpc) is 2.43. The Labute approximate surface area is 79.3 Å². The van der Waals surface area contributed by atoms with E-state index >= 15 is 0 Å². The van der Waals surface area contributed by atoms with Crippen molar-refractivity contribution in [2.75, 3.05) is 7.05 Å². The monoisotopic (exact) mass is 182 g/mol. The highest BCUT2D eigenvalue weighted by molar-refractivity contribution is 5.78. The topological polar surface area (TPSA) is 41.1 Å². The third-order valence-electron chi connectivity index (χ3n) is 3.45. The second kappa shape index (κ2) is 3.66. The second-order valence-electron chi connectivity index (χ2n) is 4.22. The third kappa shape index (κ3) is 1.70. The van der Waals surface area contributed by atoms with Crippen LogP contribution in [0.1, 0.15) is 32.1 Å². The van der Waals surface area contributed by atoms with E-state index in [0.717, 1.165) is 18.8 Å². The zero-order valence-electron chi connectivity index (χ0n) is 8.18. The van der Waals surface area contributed by atoms with Gasteiger partial charge in [-0.3, -0.25) is 4.79 Å². The van der Waals surface area contributed by atoms with Gasteiger partial charge in [-0.15, -0.1) is 0 Å². The summed E-state index contributed by atoms with van der Waals surface area (Å²) in [6.45, 7) is 0. The van der Waals surface area contributed by atoms with Gasteiger partial charge in [-0.05, 0) is 32.2 Å². The van der Waals surface area contributed by atoms with Gasteiger partial charge < -0.3 is 10.6 Å². The van der Waals surface area contributed by atoms with Gasteiger partial charge in [0.05, 0.1) is 0 Å². The molecule has 1 saturated heterocycles. The molecule has 2 aliphatic rings. The molecule has 1 amide bonds. The minimum Gasteiger partial charge on any atom is -0.352 e. The smallest absolute Gasteiger partial charge is 0.220 e. The molecule has 74 valence electrons. The van der Waals surface area contributed by atoms with Crippen molar-refractivity contribution in [2.24, 2.45) is 5.92 Å². The summed E-state index contributed by atoms with van der Waals surface area (Å²) in [4.78, 5) is 11.1. The van der Waals surface area contributed by atoms with Crippen LogP contribution in [0.25, 0.3) is 0 Å². The molecule has 0 aromatic heterocycles. The van der Waals surface area contributed by atoms with E-state index in [9.17, 15) is 4.79 Å². The first kappa shape index (κ1) is 9.00. The van der Waals surface area contributed by atoms with Crippen LogP contribution in [0.3, 0.4) is 0 Å². The Kier molecular flexibility index (Phi) is 2.54. The normalized spacial score (nSPS) is 31.2. The van der Waals surface area contributed by atoms with Crippen LogP contribution in [0.5, 0.6) is 0 Å². The fraction of sp³-hybridized carbons (Fsp3) is 0.900. The molecule has 3 heteroatoms. The molecule has 1 aliphatic carbocycles. The molecule has 0 aromatic carbocycles. The van der Waals surface area contributed by atoms with E-state index < -0.39 is 0 Å². The zero-order valence-corrected chi connectivity index (χ0v) is 8.18. The van der Waals surface area contributed by atoms with Crippen LogP contribution in [0.2, 0.25) is 0 Å². The van der Waals surface area contributed by atoms with Gasteiger partial charge in [0.1, 0.15) is 0 Å². The summed E-state index contributed by atoms with van der Waals surface area (Å²) in [7, 11) is 2.01. The largest absolute Gasteiger partial charge is 0.352 e. The Morgan fingerprint density at radius 2 is 2.23 bits per heavy atom. The molecule has 0 spiro atoms. The van der Waals surface area contributed by atoms with Crippen LogP contribution < -0.4 is 10.6 Å². The average molecular weight is 182 g/mol. The molecule has 1 saturated carbocycles. The van der Waals surface area contributed by atoms with Crippen LogP contribution in [-0.4, -0.2) is 25.0 Å². The lowest BCUT2D eigenvalue weighted by Gasteiger charge is -2.37. The Morgan fingerprint density at radius 1 is 1.46 bits per heavy atom. The molecule has 1 heterocycles. The Bertz CT molecular complexity index is 201. The van der Waals surface area contributed by atoms with E-state index in [2.05, 4.69) is 10.6 Å². The van der Waals surface area contributed by atoms with Crippen LogP contribution in [0.4, 0.5) is 0 Å². The van der Waals surface area contributed by atoms with E-state index in [1.54, 1.807) is 0 Å². The summed E-state index contributed by atoms with van der Waals surface area (Å²) in [5.41, 5.74) is 0. The fourth-order valence-corrected chi connectivity index (χ4v) is 2.47. The van der Waals surface area contributed by atoms with Crippen molar-refractivity contribution in [3.05, 3.63) is 0 Å². The number of carbonyl (C=O) groups excluding carboxylic acids is 1. The van der Waals surface area contributed by atoms with E-state index in [4.69, 9.17) is 0 Å². The minimum atomic E-state index is 0.226. The number of hydrogen-bond acceptors (Lipinski definition) is 2. The third-order valence-corrected chi connectivity index (χ3v) is 3.45. The van der Waals surface area contributed by atoms with Crippen molar-refractivity contribution in [2.45, 2.75) is 44.2 Å². The lowest BCUT2D eigenvalue weighted by molar-refractivity contribution is -0.119. The SMILES string of the molecule is CNC(C1CCC1)C1CCC(=O)N1. The molecule has 3 nitrogen and oxygen atoms in total. The van der Waals surface area contributed by atoms with Gasteiger partial charge in [0, 0.05) is 18.5 Å². The van der Waals surface area contributed by atoms with Crippen LogP contribution >= 0.6 is 0 Å². The number of carbonyl (C=O) groups is 1. The summed E-state index contributed by atoms with van der Waals surface area (Å²) in [6, 6.07) is 0.906. The van der Waals surface area contributed by atoms with Crippen LogP contribution in [0, 0.1) is 5.92 Å². The number of rotatable bonds is 3. The number of amides is 1. The van der Waals surface area contributed by atoms with Gasteiger partial charge in [0.2, 0.25) is 5.91 Å². The van der Waals surface area contributed by atoms with Crippen molar-refractivity contribution in [1.29, 1.82) is 0 Å². The molecule has 0 aromatic rings. The predicted molar refractivity (Wildman–Crippen MR) is 51.4 cm³/mol. The van der Waals surface area contributed by atoms with Crippen molar-refractivity contribution in [1.82, 2.24) is 10.6 Å². The molecule has 2 N–H and O–H groups in total. The van der Waals surface area contributed by atoms with Crippen molar-refractivity contribution < 1.29 is 4.79 Å². The molecular weight excluding hydrogens is 164 g/mol. The van der Waals surface area contributed by atoms with Crippen molar-refractivity contribution in [3.63, 3.8) is 0 Å². The first-order chi connectivity index (χ1) is 6.31. The maximum atomic E-state index is 11.1. The fourth-order valence-electron chi connectivity index (χ4n) is 2.47. The highest BCUT2D eigenvalue weighted by Crippen LogP contribution is 2.32. The summed E-state index contributed by atoms with van der Waals surface area (Å²) in [5, 5.41) is 6.40. The summed E-state index contributed by atoms with van der Waals surface area (Å²) >= 11 is 0. The molecule has 2 unspecified atom stereocenters. The van der Waals surface area contributed by atoms with E-state index in [0.29, 0.717) is 12.1 Å². The zero-order chi connectivity index (χ0) is 9.26. The van der Waals surface area contributed by atoms with Gasteiger partial charge in [-0.2, -0.15) is 0 Å². The van der Waals surface area contributed by atoms with Crippen LogP contribution in [0.15, 0.2) is 0 Å². The second-order valence-corrected chi connectivity index (χ2v) is 4.22. The first-order valence-corrected chi connectivity index (χ1v) is 5.28. The molecule has 0 bridgehead atoms. The molecule has 2 rings (SSSR count). The first-order valence-electron chi connectivity index (χ1n) is 5.28. The molecule has 1 aliphatic heterocycles. The standard InChI is InChI=1S/C10H18N2O/c1-11-10(7-3-2-4-7)8-5-6-9(13)12-8/h7-8,10-11H,2-6H2,1H3,(H,12,13). The van der Waals surface area contributed by atoms with Gasteiger partial charge in [-0.1, -0.05) is 6.42 Å². The van der Waals surface area contributed by atoms with Gasteiger partial charge in [0.15, 0.2) is 0 Å². The van der Waals surface area contributed by atoms with Gasteiger partial charge in [0.25, 0.3) is 0 Å². The Balaban J connectivity index is 1.91. The maximum absolute atomic E-state index is 11.1. The van der Waals surface area contributed by atoms with E-state index in [1.165, 1.54) is 19.3 Å². The Morgan fingerprint density at radius 3 is 2.62 bits per heavy atom. The number of likely N-dealkylation sites (N-methyl/N-ethyl adjacent to an activating group) is 1. The van der Waals surface area contributed by atoms with E-state index in [1.807, 2.05) is 7.05 Å². The maximum Gasteiger partial charge on any atom is 0.220 e. The number of hydrogen-bond donors (Lipinski definition) is 2. The lowest BCUT2D eigenvalue weighted by Crippen LogP contribution is -2.50. The summed E-state index contributed by atoms with van der Waals surface area (Å²) < 4.78 is 0. The summed E-state index contributed by atoms with van der Waals surface area (Å²) in [6.07, 6.45) is 5.76.